The molecule has 0 unspecified atom stereocenters. The van der Waals surface area contributed by atoms with Gasteiger partial charge in [-0.2, -0.15) is 11.3 Å². The van der Waals surface area contributed by atoms with Crippen molar-refractivity contribution in [1.82, 2.24) is 5.32 Å². The molecule has 0 spiro atoms. The lowest BCUT2D eigenvalue weighted by molar-refractivity contribution is 0.310. The first-order valence-electron chi connectivity index (χ1n) is 7.62. The van der Waals surface area contributed by atoms with Gasteiger partial charge in [-0.3, -0.25) is 0 Å². The van der Waals surface area contributed by atoms with Gasteiger partial charge < -0.3 is 10.1 Å². The van der Waals surface area contributed by atoms with E-state index in [1.165, 1.54) is 16.7 Å². The van der Waals surface area contributed by atoms with Gasteiger partial charge in [0.25, 0.3) is 0 Å². The second kappa shape index (κ2) is 8.20. The fraction of sp³-hybridized carbons (Fsp3) is 0.444. The molecule has 114 valence electrons. The molecule has 0 saturated carbocycles. The Morgan fingerprint density at radius 1 is 1.19 bits per heavy atom. The highest BCUT2D eigenvalue weighted by Crippen LogP contribution is 2.27. The molecule has 2 rings (SSSR count). The van der Waals surface area contributed by atoms with Crippen molar-refractivity contribution in [3.63, 3.8) is 0 Å². The maximum atomic E-state index is 5.96. The molecule has 0 atom stereocenters. The average molecular weight is 303 g/mol. The number of hydrogen-bond acceptors (Lipinski definition) is 3. The molecule has 21 heavy (non-hydrogen) atoms. The molecule has 0 aliphatic heterocycles. The zero-order valence-electron chi connectivity index (χ0n) is 13.2. The van der Waals surface area contributed by atoms with Crippen LogP contribution in [0, 0.1) is 6.92 Å². The van der Waals surface area contributed by atoms with Crippen molar-refractivity contribution in [2.24, 2.45) is 0 Å². The van der Waals surface area contributed by atoms with E-state index in [1.807, 2.05) is 0 Å². The summed E-state index contributed by atoms with van der Waals surface area (Å²) in [5.41, 5.74) is 3.95. The van der Waals surface area contributed by atoms with Gasteiger partial charge in [-0.1, -0.05) is 26.0 Å². The van der Waals surface area contributed by atoms with Gasteiger partial charge in [0.2, 0.25) is 0 Å². The Hall–Kier alpha value is -1.32. The summed E-state index contributed by atoms with van der Waals surface area (Å²) in [6.45, 7) is 9.12. The van der Waals surface area contributed by atoms with Gasteiger partial charge in [-0.25, -0.2) is 0 Å². The van der Waals surface area contributed by atoms with Gasteiger partial charge in [-0.15, -0.1) is 0 Å². The van der Waals surface area contributed by atoms with Crippen LogP contribution in [0.5, 0.6) is 5.75 Å². The van der Waals surface area contributed by atoms with Crippen LogP contribution in [-0.2, 0) is 6.42 Å². The molecule has 2 aromatic rings. The van der Waals surface area contributed by atoms with Crippen LogP contribution in [0.4, 0.5) is 0 Å². The van der Waals surface area contributed by atoms with Crippen LogP contribution in [0.1, 0.15) is 36.5 Å². The van der Waals surface area contributed by atoms with Crippen molar-refractivity contribution < 1.29 is 4.74 Å². The van der Waals surface area contributed by atoms with Crippen LogP contribution in [0.15, 0.2) is 35.0 Å². The highest BCUT2D eigenvalue weighted by molar-refractivity contribution is 7.07. The number of ether oxygens (including phenoxy) is 1. The summed E-state index contributed by atoms with van der Waals surface area (Å²) < 4.78 is 5.96. The standard InChI is InChI=1S/C18H25NOS/c1-14(2)17-5-4-15(3)12-18(17)20-10-9-19-8-6-16-7-11-21-13-16/h4-5,7,11-14,19H,6,8-10H2,1-3H3. The third-order valence-corrected chi connectivity index (χ3v) is 4.23. The van der Waals surface area contributed by atoms with Crippen molar-refractivity contribution in [1.29, 1.82) is 0 Å². The van der Waals surface area contributed by atoms with Crippen LogP contribution < -0.4 is 10.1 Å². The normalized spacial score (nSPS) is 11.0. The third kappa shape index (κ3) is 5.18. The second-order valence-corrected chi connectivity index (χ2v) is 6.46. The Bertz CT molecular complexity index is 534. The van der Waals surface area contributed by atoms with Crippen molar-refractivity contribution in [2.75, 3.05) is 19.7 Å². The Balaban J connectivity index is 1.72. The lowest BCUT2D eigenvalue weighted by atomic mass is 10.0. The molecule has 1 N–H and O–H groups in total. The Labute approximate surface area is 132 Å². The highest BCUT2D eigenvalue weighted by Gasteiger charge is 2.07. The number of hydrogen-bond donors (Lipinski definition) is 1. The largest absolute Gasteiger partial charge is 0.492 e. The summed E-state index contributed by atoms with van der Waals surface area (Å²) in [6.07, 6.45) is 1.09. The van der Waals surface area contributed by atoms with E-state index >= 15 is 0 Å². The molecule has 0 fully saturated rings. The maximum Gasteiger partial charge on any atom is 0.123 e. The van der Waals surface area contributed by atoms with Crippen LogP contribution in [0.2, 0.25) is 0 Å². The minimum atomic E-state index is 0.493. The Kier molecular flexibility index (Phi) is 6.27. The van der Waals surface area contributed by atoms with Crippen molar-refractivity contribution >= 4 is 11.3 Å². The Morgan fingerprint density at radius 3 is 2.76 bits per heavy atom. The summed E-state index contributed by atoms with van der Waals surface area (Å²) in [7, 11) is 0. The minimum Gasteiger partial charge on any atom is -0.492 e. The van der Waals surface area contributed by atoms with Crippen LogP contribution >= 0.6 is 11.3 Å². The van der Waals surface area contributed by atoms with Gasteiger partial charge in [0.05, 0.1) is 0 Å². The van der Waals surface area contributed by atoms with E-state index in [0.29, 0.717) is 12.5 Å². The van der Waals surface area contributed by atoms with E-state index in [2.05, 4.69) is 61.1 Å². The summed E-state index contributed by atoms with van der Waals surface area (Å²) in [5.74, 6) is 1.52. The molecule has 1 aromatic heterocycles. The van der Waals surface area contributed by atoms with Crippen molar-refractivity contribution in [2.45, 2.75) is 33.1 Å². The molecule has 0 radical (unpaired) electrons. The number of aryl methyl sites for hydroxylation is 1. The van der Waals surface area contributed by atoms with Gasteiger partial charge >= 0.3 is 0 Å². The molecule has 0 aliphatic rings. The van der Waals surface area contributed by atoms with E-state index in [0.717, 1.165) is 25.3 Å². The van der Waals surface area contributed by atoms with Crippen LogP contribution in [-0.4, -0.2) is 19.7 Å². The predicted octanol–water partition coefficient (Wildman–Crippen LogP) is 4.39. The molecule has 2 nitrogen and oxygen atoms in total. The van der Waals surface area contributed by atoms with Crippen molar-refractivity contribution in [3.05, 3.63) is 51.7 Å². The van der Waals surface area contributed by atoms with E-state index in [9.17, 15) is 0 Å². The Morgan fingerprint density at radius 2 is 2.05 bits per heavy atom. The molecule has 0 saturated heterocycles. The van der Waals surface area contributed by atoms with E-state index < -0.39 is 0 Å². The van der Waals surface area contributed by atoms with Crippen LogP contribution in [0.25, 0.3) is 0 Å². The summed E-state index contributed by atoms with van der Waals surface area (Å²) in [6, 6.07) is 8.66. The smallest absolute Gasteiger partial charge is 0.123 e. The zero-order chi connectivity index (χ0) is 15.1. The number of nitrogens with one attached hydrogen (secondary N) is 1. The monoisotopic (exact) mass is 303 g/mol. The fourth-order valence-corrected chi connectivity index (χ4v) is 2.97. The molecule has 0 amide bonds. The first-order valence-corrected chi connectivity index (χ1v) is 8.56. The predicted molar refractivity (Wildman–Crippen MR) is 91.7 cm³/mol. The SMILES string of the molecule is Cc1ccc(C(C)C)c(OCCNCCc2ccsc2)c1. The highest BCUT2D eigenvalue weighted by atomic mass is 32.1. The van der Waals surface area contributed by atoms with Gasteiger partial charge in [0, 0.05) is 6.54 Å². The first-order chi connectivity index (χ1) is 10.2. The third-order valence-electron chi connectivity index (χ3n) is 3.50. The van der Waals surface area contributed by atoms with E-state index in [1.54, 1.807) is 11.3 Å². The molecule has 0 bridgehead atoms. The van der Waals surface area contributed by atoms with Gasteiger partial charge in [-0.05, 0) is 65.4 Å². The molecular formula is C18H25NOS. The van der Waals surface area contributed by atoms with Crippen LogP contribution in [0.3, 0.4) is 0 Å². The maximum absolute atomic E-state index is 5.96. The number of thiophene rings is 1. The van der Waals surface area contributed by atoms with Gasteiger partial charge in [0.15, 0.2) is 0 Å². The number of benzene rings is 1. The van der Waals surface area contributed by atoms with Gasteiger partial charge in [0.1, 0.15) is 12.4 Å². The first kappa shape index (κ1) is 16.1. The van der Waals surface area contributed by atoms with Crippen molar-refractivity contribution in [3.8, 4) is 5.75 Å². The lowest BCUT2D eigenvalue weighted by Crippen LogP contribution is -2.23. The zero-order valence-corrected chi connectivity index (χ0v) is 14.0. The van der Waals surface area contributed by atoms with E-state index in [4.69, 9.17) is 4.74 Å². The molecule has 1 aromatic carbocycles. The lowest BCUT2D eigenvalue weighted by Gasteiger charge is -2.15. The quantitative estimate of drug-likeness (QED) is 0.730. The average Bonchev–Trinajstić information content (AvgIpc) is 2.95. The topological polar surface area (TPSA) is 21.3 Å². The summed E-state index contributed by atoms with van der Waals surface area (Å²) in [4.78, 5) is 0. The molecule has 1 heterocycles. The molecule has 0 aliphatic carbocycles. The molecular weight excluding hydrogens is 278 g/mol. The number of rotatable bonds is 8. The van der Waals surface area contributed by atoms with E-state index in [-0.39, 0.29) is 0 Å². The fourth-order valence-electron chi connectivity index (χ4n) is 2.27. The molecule has 3 heteroatoms. The second-order valence-electron chi connectivity index (χ2n) is 5.68. The minimum absolute atomic E-state index is 0.493. The summed E-state index contributed by atoms with van der Waals surface area (Å²) in [5, 5.41) is 7.77. The summed E-state index contributed by atoms with van der Waals surface area (Å²) >= 11 is 1.76.